The third kappa shape index (κ3) is 5.96. The molecule has 1 aromatic carbocycles. The first kappa shape index (κ1) is 22.6. The highest BCUT2D eigenvalue weighted by molar-refractivity contribution is 7.99. The molecule has 1 atom stereocenters. The molecule has 0 aliphatic heterocycles. The van der Waals surface area contributed by atoms with Gasteiger partial charge < -0.3 is 14.8 Å². The van der Waals surface area contributed by atoms with Crippen molar-refractivity contribution in [1.82, 2.24) is 14.7 Å². The molecule has 8 nitrogen and oxygen atoms in total. The normalized spacial score (nSPS) is 12.6. The van der Waals surface area contributed by atoms with E-state index in [1.54, 1.807) is 48.7 Å². The van der Waals surface area contributed by atoms with Gasteiger partial charge in [0.1, 0.15) is 0 Å². The van der Waals surface area contributed by atoms with Crippen molar-refractivity contribution in [2.24, 2.45) is 0 Å². The van der Waals surface area contributed by atoms with E-state index in [-0.39, 0.29) is 6.61 Å². The van der Waals surface area contributed by atoms with Crippen LogP contribution in [0, 0.1) is 0 Å². The molecule has 3 rings (SSSR count). The lowest BCUT2D eigenvalue weighted by Gasteiger charge is -2.13. The Morgan fingerprint density at radius 3 is 2.65 bits per heavy atom. The molecule has 0 aliphatic rings. The Bertz CT molecular complexity index is 1110. The molecule has 1 amide bonds. The van der Waals surface area contributed by atoms with Gasteiger partial charge in [0.2, 0.25) is 11.8 Å². The monoisotopic (exact) mass is 460 g/mol. The van der Waals surface area contributed by atoms with Crippen LogP contribution < -0.4 is 14.8 Å². The summed E-state index contributed by atoms with van der Waals surface area (Å²) in [5.74, 6) is 4.49. The predicted molar refractivity (Wildman–Crippen MR) is 125 cm³/mol. The van der Waals surface area contributed by atoms with Crippen molar-refractivity contribution < 1.29 is 18.5 Å². The Morgan fingerprint density at radius 1 is 1.23 bits per heavy atom. The van der Waals surface area contributed by atoms with Gasteiger partial charge in [0.25, 0.3) is 0 Å². The summed E-state index contributed by atoms with van der Waals surface area (Å²) in [5, 5.41) is 5.10. The van der Waals surface area contributed by atoms with Crippen LogP contribution in [-0.2, 0) is 14.4 Å². The van der Waals surface area contributed by atoms with Crippen molar-refractivity contribution in [3.63, 3.8) is 0 Å². The predicted octanol–water partition coefficient (Wildman–Crippen LogP) is 4.47. The van der Waals surface area contributed by atoms with Gasteiger partial charge in [0, 0.05) is 21.7 Å². The number of aromatic nitrogens is 2. The van der Waals surface area contributed by atoms with E-state index < -0.39 is 15.8 Å². The standard InChI is InChI=1S/C21H24N4O4S2/c1-4-12-29-19-17(18-7-6-13-30-18)14-22-20(24-19)23-15-8-10-16(11-9-15)31(3,27)25-21(26)28-5-2/h6-11,13-14H,3-5,12H2,1-2H3,(H,22,23,24)(H,25,26,27). The van der Waals surface area contributed by atoms with E-state index >= 15 is 0 Å². The van der Waals surface area contributed by atoms with Gasteiger partial charge in [0.15, 0.2) is 0 Å². The maximum absolute atomic E-state index is 12.7. The van der Waals surface area contributed by atoms with Crippen LogP contribution in [0.1, 0.15) is 20.3 Å². The summed E-state index contributed by atoms with van der Waals surface area (Å²) >= 11 is 1.59. The Hall–Kier alpha value is -3.11. The third-order valence-electron chi connectivity index (χ3n) is 4.00. The first-order chi connectivity index (χ1) is 14.9. The summed E-state index contributed by atoms with van der Waals surface area (Å²) in [5.41, 5.74) is 1.52. The minimum absolute atomic E-state index is 0.180. The van der Waals surface area contributed by atoms with E-state index in [0.717, 1.165) is 16.9 Å². The first-order valence-corrected chi connectivity index (χ1v) is 12.3. The number of nitrogens with zero attached hydrogens (tertiary/aromatic N) is 2. The van der Waals surface area contributed by atoms with Crippen molar-refractivity contribution >= 4 is 44.6 Å². The Morgan fingerprint density at radius 2 is 2.00 bits per heavy atom. The number of thiophene rings is 1. The van der Waals surface area contributed by atoms with Crippen LogP contribution in [0.5, 0.6) is 5.88 Å². The maximum Gasteiger partial charge on any atom is 0.418 e. The van der Waals surface area contributed by atoms with Crippen molar-refractivity contribution in [2.45, 2.75) is 25.2 Å². The molecule has 0 aliphatic carbocycles. The molecule has 0 saturated heterocycles. The van der Waals surface area contributed by atoms with Gasteiger partial charge in [-0.1, -0.05) is 13.0 Å². The zero-order valence-corrected chi connectivity index (χ0v) is 18.9. The molecule has 2 heterocycles. The average Bonchev–Trinajstić information content (AvgIpc) is 3.27. The minimum Gasteiger partial charge on any atom is -0.477 e. The van der Waals surface area contributed by atoms with Crippen LogP contribution in [0.25, 0.3) is 10.4 Å². The lowest BCUT2D eigenvalue weighted by molar-refractivity contribution is 0.159. The summed E-state index contributed by atoms with van der Waals surface area (Å²) in [6.45, 7) is 4.43. The summed E-state index contributed by atoms with van der Waals surface area (Å²) in [4.78, 5) is 21.9. The lowest BCUT2D eigenvalue weighted by atomic mass is 10.2. The number of hydrogen-bond donors (Lipinski definition) is 2. The molecule has 0 radical (unpaired) electrons. The number of carbonyl (C=O) groups is 1. The molecule has 0 bridgehead atoms. The Labute approximate surface area is 185 Å². The number of rotatable bonds is 9. The number of hydrogen-bond acceptors (Lipinski definition) is 8. The number of nitrogens with one attached hydrogen (secondary N) is 2. The van der Waals surface area contributed by atoms with Crippen LogP contribution in [-0.4, -0.2) is 39.4 Å². The van der Waals surface area contributed by atoms with Gasteiger partial charge in [-0.3, -0.25) is 0 Å². The maximum atomic E-state index is 12.7. The van der Waals surface area contributed by atoms with E-state index in [4.69, 9.17) is 9.47 Å². The zero-order valence-electron chi connectivity index (χ0n) is 17.3. The van der Waals surface area contributed by atoms with Gasteiger partial charge in [0.05, 0.1) is 28.5 Å². The average molecular weight is 461 g/mol. The summed E-state index contributed by atoms with van der Waals surface area (Å²) in [6, 6.07) is 10.6. The number of carbonyl (C=O) groups excluding carboxylic acids is 1. The molecule has 31 heavy (non-hydrogen) atoms. The molecular formula is C21H24N4O4S2. The van der Waals surface area contributed by atoms with Crippen LogP contribution in [0.3, 0.4) is 0 Å². The highest BCUT2D eigenvalue weighted by Crippen LogP contribution is 2.32. The summed E-state index contributed by atoms with van der Waals surface area (Å²) in [7, 11) is -3.02. The molecule has 0 spiro atoms. The van der Waals surface area contributed by atoms with Crippen LogP contribution in [0.4, 0.5) is 16.4 Å². The minimum atomic E-state index is -3.02. The molecule has 2 aromatic heterocycles. The Balaban J connectivity index is 1.77. The topological polar surface area (TPSA) is 102 Å². The molecule has 164 valence electrons. The van der Waals surface area contributed by atoms with Crippen molar-refractivity contribution in [1.29, 1.82) is 0 Å². The van der Waals surface area contributed by atoms with E-state index in [1.165, 1.54) is 0 Å². The van der Waals surface area contributed by atoms with Crippen LogP contribution in [0.15, 0.2) is 52.9 Å². The van der Waals surface area contributed by atoms with E-state index in [1.807, 2.05) is 24.4 Å². The molecule has 2 N–H and O–H groups in total. The third-order valence-corrected chi connectivity index (χ3v) is 6.43. The van der Waals surface area contributed by atoms with Gasteiger partial charge in [-0.15, -0.1) is 11.3 Å². The van der Waals surface area contributed by atoms with Gasteiger partial charge in [-0.25, -0.2) is 18.7 Å². The fraction of sp³-hybridized carbons (Fsp3) is 0.238. The summed E-state index contributed by atoms with van der Waals surface area (Å²) in [6.07, 6.45) is 1.82. The number of ether oxygens (including phenoxy) is 2. The van der Waals surface area contributed by atoms with E-state index in [0.29, 0.717) is 29.0 Å². The van der Waals surface area contributed by atoms with Crippen molar-refractivity contribution in [3.8, 4) is 16.3 Å². The second-order valence-corrected chi connectivity index (χ2v) is 9.36. The van der Waals surface area contributed by atoms with E-state index in [9.17, 15) is 9.00 Å². The zero-order chi connectivity index (χ0) is 22.3. The SMILES string of the molecule is C=S(=O)(NC(=O)OCC)c1ccc(Nc2ncc(-c3cccs3)c(OCCC)n2)cc1. The van der Waals surface area contributed by atoms with Crippen LogP contribution >= 0.6 is 11.3 Å². The lowest BCUT2D eigenvalue weighted by Crippen LogP contribution is -2.30. The van der Waals surface area contributed by atoms with Gasteiger partial charge >= 0.3 is 6.09 Å². The second kappa shape index (κ2) is 10.3. The molecule has 1 unspecified atom stereocenters. The number of amides is 1. The first-order valence-electron chi connectivity index (χ1n) is 9.65. The molecular weight excluding hydrogens is 436 g/mol. The van der Waals surface area contributed by atoms with E-state index in [2.05, 4.69) is 25.9 Å². The van der Waals surface area contributed by atoms with Crippen molar-refractivity contribution in [2.75, 3.05) is 18.5 Å². The van der Waals surface area contributed by atoms with Crippen LogP contribution in [0.2, 0.25) is 0 Å². The Kier molecular flexibility index (Phi) is 7.48. The molecule has 0 saturated carbocycles. The highest BCUT2D eigenvalue weighted by Gasteiger charge is 2.14. The van der Waals surface area contributed by atoms with Crippen molar-refractivity contribution in [3.05, 3.63) is 48.0 Å². The fourth-order valence-electron chi connectivity index (χ4n) is 2.58. The molecule has 0 fully saturated rings. The largest absolute Gasteiger partial charge is 0.477 e. The van der Waals surface area contributed by atoms with Gasteiger partial charge in [-0.05, 0) is 54.9 Å². The number of benzene rings is 1. The fourth-order valence-corrected chi connectivity index (χ4v) is 4.33. The summed E-state index contributed by atoms with van der Waals surface area (Å²) < 4.78 is 25.5. The molecule has 10 heteroatoms. The van der Waals surface area contributed by atoms with Gasteiger partial charge in [-0.2, -0.15) is 4.98 Å². The quantitative estimate of drug-likeness (QED) is 0.454. The second-order valence-electron chi connectivity index (χ2n) is 6.39. The molecule has 3 aromatic rings. The number of anilines is 2. The highest BCUT2D eigenvalue weighted by atomic mass is 32.2. The smallest absolute Gasteiger partial charge is 0.418 e.